The molecule has 1 aromatic heterocycles. The maximum Gasteiger partial charge on any atom is 0.416 e. The molecule has 7 nitrogen and oxygen atoms in total. The number of aromatic nitrogens is 2. The number of halogens is 3. The second-order valence-corrected chi connectivity index (χ2v) is 8.64. The van der Waals surface area contributed by atoms with Crippen LogP contribution in [-0.4, -0.2) is 52.3 Å². The number of benzene rings is 2. The van der Waals surface area contributed by atoms with Crippen molar-refractivity contribution in [1.29, 1.82) is 0 Å². The predicted molar refractivity (Wildman–Crippen MR) is 126 cm³/mol. The van der Waals surface area contributed by atoms with E-state index in [4.69, 9.17) is 9.47 Å². The zero-order valence-corrected chi connectivity index (χ0v) is 19.9. The van der Waals surface area contributed by atoms with Crippen LogP contribution in [0.3, 0.4) is 0 Å². The van der Waals surface area contributed by atoms with Crippen molar-refractivity contribution in [3.63, 3.8) is 0 Å². The third kappa shape index (κ3) is 5.81. The molecular weight excluding hydrogens is 475 g/mol. The summed E-state index contributed by atoms with van der Waals surface area (Å²) in [5.74, 6) is 1.57. The third-order valence-electron chi connectivity index (χ3n) is 6.42. The van der Waals surface area contributed by atoms with Crippen LogP contribution in [0.15, 0.2) is 54.9 Å². The van der Waals surface area contributed by atoms with Gasteiger partial charge in [0.1, 0.15) is 17.3 Å². The number of hydrogen-bond acceptors (Lipinski definition) is 5. The Morgan fingerprint density at radius 1 is 1.14 bits per heavy atom. The molecule has 0 radical (unpaired) electrons. The number of carbonyl (C=O) groups is 1. The molecule has 0 spiro atoms. The number of nitrogens with zero attached hydrogens (tertiary/aromatic N) is 3. The van der Waals surface area contributed by atoms with Crippen LogP contribution in [0, 0.1) is 0 Å². The lowest BCUT2D eigenvalue weighted by atomic mass is 9.95. The number of piperidine rings is 1. The van der Waals surface area contributed by atoms with E-state index in [1.54, 1.807) is 46.1 Å². The topological polar surface area (TPSA) is 76.8 Å². The van der Waals surface area contributed by atoms with E-state index in [0.29, 0.717) is 43.0 Å². The number of likely N-dealkylation sites (tertiary alicyclic amines) is 1. The average Bonchev–Trinajstić information content (AvgIpc) is 3.35. The minimum atomic E-state index is -4.42. The summed E-state index contributed by atoms with van der Waals surface area (Å²) >= 11 is 0. The summed E-state index contributed by atoms with van der Waals surface area (Å²) in [4.78, 5) is 18.8. The van der Waals surface area contributed by atoms with E-state index in [2.05, 4.69) is 4.98 Å². The zero-order chi connectivity index (χ0) is 25.7. The van der Waals surface area contributed by atoms with Gasteiger partial charge in [0.2, 0.25) is 0 Å². The number of alkyl halides is 3. The molecule has 1 aliphatic rings. The summed E-state index contributed by atoms with van der Waals surface area (Å²) in [6, 6.07) is 10.5. The minimum absolute atomic E-state index is 0.0401. The molecule has 192 valence electrons. The average molecular weight is 504 g/mol. The number of carbonyl (C=O) groups excluding carboxylic acids is 1. The van der Waals surface area contributed by atoms with Gasteiger partial charge in [0.15, 0.2) is 6.61 Å². The lowest BCUT2D eigenvalue weighted by molar-refractivity contribution is -0.138. The number of rotatable bonds is 8. The Labute approximate surface area is 207 Å². The lowest BCUT2D eigenvalue weighted by Gasteiger charge is -2.32. The molecule has 0 aliphatic carbocycles. The Balaban J connectivity index is 1.34. The number of ether oxygens (including phenoxy) is 2. The van der Waals surface area contributed by atoms with Crippen molar-refractivity contribution in [1.82, 2.24) is 14.5 Å². The van der Waals surface area contributed by atoms with Gasteiger partial charge in [-0.3, -0.25) is 4.79 Å². The summed E-state index contributed by atoms with van der Waals surface area (Å²) in [5, 5.41) is 9.32. The van der Waals surface area contributed by atoms with Crippen molar-refractivity contribution in [2.45, 2.75) is 38.1 Å². The molecule has 0 bridgehead atoms. The Morgan fingerprint density at radius 2 is 1.89 bits per heavy atom. The van der Waals surface area contributed by atoms with Crippen LogP contribution in [0.1, 0.15) is 41.3 Å². The van der Waals surface area contributed by atoms with E-state index in [1.165, 1.54) is 19.2 Å². The maximum absolute atomic E-state index is 13.4. The Kier molecular flexibility index (Phi) is 7.83. The van der Waals surface area contributed by atoms with E-state index in [9.17, 15) is 23.1 Å². The molecule has 4 rings (SSSR count). The highest BCUT2D eigenvalue weighted by Crippen LogP contribution is 2.33. The number of imidazole rings is 1. The van der Waals surface area contributed by atoms with E-state index in [-0.39, 0.29) is 37.1 Å². The van der Waals surface area contributed by atoms with Crippen molar-refractivity contribution < 1.29 is 32.5 Å². The first-order chi connectivity index (χ1) is 17.3. The molecule has 1 N–H and O–H groups in total. The summed E-state index contributed by atoms with van der Waals surface area (Å²) in [6.45, 7) is 0.799. The van der Waals surface area contributed by atoms with Crippen LogP contribution < -0.4 is 9.47 Å². The molecule has 0 atom stereocenters. The Bertz CT molecular complexity index is 1190. The van der Waals surface area contributed by atoms with Gasteiger partial charge in [-0.1, -0.05) is 18.2 Å². The predicted octanol–water partition coefficient (Wildman–Crippen LogP) is 4.24. The first-order valence-corrected chi connectivity index (χ1v) is 11.6. The number of hydrogen-bond donors (Lipinski definition) is 1. The van der Waals surface area contributed by atoms with Crippen LogP contribution >= 0.6 is 0 Å². The number of aliphatic hydroxyl groups is 1. The first kappa shape index (κ1) is 25.6. The van der Waals surface area contributed by atoms with E-state index in [1.807, 2.05) is 0 Å². The Morgan fingerprint density at radius 3 is 2.58 bits per heavy atom. The Hall–Kier alpha value is -3.53. The quantitative estimate of drug-likeness (QED) is 0.498. The second kappa shape index (κ2) is 11.0. The normalized spacial score (nSPS) is 14.6. The molecule has 10 heteroatoms. The summed E-state index contributed by atoms with van der Waals surface area (Å²) < 4.78 is 52.8. The molecule has 1 fully saturated rings. The third-order valence-corrected chi connectivity index (χ3v) is 6.42. The molecule has 36 heavy (non-hydrogen) atoms. The smallest absolute Gasteiger partial charge is 0.416 e. The van der Waals surface area contributed by atoms with Crippen LogP contribution in [0.2, 0.25) is 0 Å². The molecule has 1 aliphatic heterocycles. The zero-order valence-electron chi connectivity index (χ0n) is 19.9. The van der Waals surface area contributed by atoms with Crippen molar-refractivity contribution in [2.24, 2.45) is 0 Å². The highest BCUT2D eigenvalue weighted by Gasteiger charge is 2.33. The van der Waals surface area contributed by atoms with Crippen molar-refractivity contribution in [2.75, 3.05) is 26.8 Å². The summed E-state index contributed by atoms with van der Waals surface area (Å²) in [6.07, 6.45) is 0.194. The maximum atomic E-state index is 13.4. The van der Waals surface area contributed by atoms with Gasteiger partial charge in [-0.15, -0.1) is 0 Å². The van der Waals surface area contributed by atoms with Gasteiger partial charge < -0.3 is 24.0 Å². The van der Waals surface area contributed by atoms with E-state index >= 15 is 0 Å². The molecule has 3 aromatic rings. The van der Waals surface area contributed by atoms with E-state index in [0.717, 1.165) is 11.9 Å². The van der Waals surface area contributed by atoms with Gasteiger partial charge in [-0.2, -0.15) is 13.2 Å². The van der Waals surface area contributed by atoms with Crippen molar-refractivity contribution in [3.8, 4) is 11.5 Å². The first-order valence-electron chi connectivity index (χ1n) is 11.6. The van der Waals surface area contributed by atoms with E-state index < -0.39 is 11.7 Å². The fourth-order valence-corrected chi connectivity index (χ4v) is 4.50. The fraction of sp³-hybridized carbons (Fsp3) is 0.385. The molecule has 2 aromatic carbocycles. The molecule has 1 amide bonds. The lowest BCUT2D eigenvalue weighted by Crippen LogP contribution is -2.40. The largest absolute Gasteiger partial charge is 0.496 e. The van der Waals surface area contributed by atoms with Crippen molar-refractivity contribution >= 4 is 5.91 Å². The molecule has 0 unspecified atom stereocenters. The second-order valence-electron chi connectivity index (χ2n) is 8.64. The summed E-state index contributed by atoms with van der Waals surface area (Å²) in [5.41, 5.74) is 0.171. The van der Waals surface area contributed by atoms with Gasteiger partial charge in [-0.05, 0) is 36.6 Å². The minimum Gasteiger partial charge on any atom is -0.496 e. The van der Waals surface area contributed by atoms with Gasteiger partial charge in [0.25, 0.3) is 5.91 Å². The number of aliphatic hydroxyl groups excluding tert-OH is 1. The van der Waals surface area contributed by atoms with Crippen LogP contribution in [0.25, 0.3) is 0 Å². The SMILES string of the molecule is COc1cc(OCC(=O)N2CCC(c3nccn3Cc3ccccc3C(F)(F)F)CC2)ccc1CO. The monoisotopic (exact) mass is 503 g/mol. The van der Waals surface area contributed by atoms with Gasteiger partial charge in [0.05, 0.1) is 19.3 Å². The highest BCUT2D eigenvalue weighted by atomic mass is 19.4. The molecule has 0 saturated carbocycles. The van der Waals surface area contributed by atoms with Gasteiger partial charge in [-0.25, -0.2) is 4.98 Å². The van der Waals surface area contributed by atoms with Gasteiger partial charge in [0, 0.05) is 49.6 Å². The molecular formula is C26H28F3N3O4. The highest BCUT2D eigenvalue weighted by molar-refractivity contribution is 5.77. The van der Waals surface area contributed by atoms with Gasteiger partial charge >= 0.3 is 6.18 Å². The molecule has 2 heterocycles. The molecule has 1 saturated heterocycles. The van der Waals surface area contributed by atoms with Crippen LogP contribution in [0.5, 0.6) is 11.5 Å². The van der Waals surface area contributed by atoms with Crippen LogP contribution in [-0.2, 0) is 24.1 Å². The van der Waals surface area contributed by atoms with Crippen molar-refractivity contribution in [3.05, 3.63) is 77.4 Å². The fourth-order valence-electron chi connectivity index (χ4n) is 4.50. The standard InChI is InChI=1S/C26H28F3N3O4/c1-35-23-14-21(7-6-20(23)16-33)36-17-24(34)31-11-8-18(9-12-31)25-30-10-13-32(25)15-19-4-2-3-5-22(19)26(27,28)29/h2-7,10,13-14,18,33H,8-9,11-12,15-17H2,1H3. The number of methoxy groups -OCH3 is 1. The van der Waals surface area contributed by atoms with Crippen LogP contribution in [0.4, 0.5) is 13.2 Å². The number of amides is 1. The summed E-state index contributed by atoms with van der Waals surface area (Å²) in [7, 11) is 1.49.